The van der Waals surface area contributed by atoms with E-state index in [4.69, 9.17) is 0 Å². The summed E-state index contributed by atoms with van der Waals surface area (Å²) in [5.41, 5.74) is 2.09. The van der Waals surface area contributed by atoms with Crippen molar-refractivity contribution in [1.82, 2.24) is 19.5 Å². The second-order valence-corrected chi connectivity index (χ2v) is 6.28. The van der Waals surface area contributed by atoms with Gasteiger partial charge in [0.25, 0.3) is 0 Å². The lowest BCUT2D eigenvalue weighted by Crippen LogP contribution is -2.03. The molecule has 5 nitrogen and oxygen atoms in total. The smallest absolute Gasteiger partial charge is 0.187 e. The highest BCUT2D eigenvalue weighted by Crippen LogP contribution is 2.19. The molecule has 118 valence electrons. The molecular formula is C17H18N4OS. The topological polar surface area (TPSA) is 63.8 Å². The van der Waals surface area contributed by atoms with Gasteiger partial charge in [0, 0.05) is 31.3 Å². The number of phenolic OH excluding ortho intramolecular Hbond substituents is 1. The zero-order chi connectivity index (χ0) is 16.1. The van der Waals surface area contributed by atoms with E-state index in [-0.39, 0.29) is 0 Å². The van der Waals surface area contributed by atoms with Crippen LogP contribution < -0.4 is 0 Å². The van der Waals surface area contributed by atoms with Gasteiger partial charge in [-0.1, -0.05) is 30.8 Å². The zero-order valence-corrected chi connectivity index (χ0v) is 13.7. The number of rotatable bonds is 6. The molecule has 0 radical (unpaired) electrons. The van der Waals surface area contributed by atoms with E-state index in [1.165, 1.54) is 5.56 Å². The van der Waals surface area contributed by atoms with E-state index in [1.807, 2.05) is 30.7 Å². The first-order chi connectivity index (χ1) is 11.3. The molecular weight excluding hydrogens is 308 g/mol. The highest BCUT2D eigenvalue weighted by atomic mass is 32.2. The predicted octanol–water partition coefficient (Wildman–Crippen LogP) is 3.40. The minimum absolute atomic E-state index is 0.291. The van der Waals surface area contributed by atoms with Crippen molar-refractivity contribution < 1.29 is 5.11 Å². The molecule has 0 amide bonds. The number of nitrogens with zero attached hydrogens (tertiary/aromatic N) is 4. The molecule has 3 aromatic rings. The molecule has 2 heterocycles. The third-order valence-corrected chi connectivity index (χ3v) is 4.21. The van der Waals surface area contributed by atoms with E-state index >= 15 is 0 Å². The van der Waals surface area contributed by atoms with Gasteiger partial charge in [0.1, 0.15) is 11.6 Å². The van der Waals surface area contributed by atoms with E-state index in [1.54, 1.807) is 30.1 Å². The van der Waals surface area contributed by atoms with Crippen LogP contribution in [0.4, 0.5) is 0 Å². The zero-order valence-electron chi connectivity index (χ0n) is 12.9. The maximum atomic E-state index is 9.33. The highest BCUT2D eigenvalue weighted by Gasteiger charge is 2.08. The third kappa shape index (κ3) is 3.90. The Kier molecular flexibility index (Phi) is 4.92. The Labute approximate surface area is 139 Å². The molecule has 0 fully saturated rings. The molecule has 0 unspecified atom stereocenters. The molecule has 1 N–H and O–H groups in total. The SMILES string of the molecule is CCSc1ncc(-c2nccn2CCc2ccc(O)cc2)cn1. The second kappa shape index (κ2) is 7.28. The van der Waals surface area contributed by atoms with Gasteiger partial charge in [0.05, 0.1) is 5.56 Å². The lowest BCUT2D eigenvalue weighted by atomic mass is 10.1. The maximum Gasteiger partial charge on any atom is 0.187 e. The predicted molar refractivity (Wildman–Crippen MR) is 91.5 cm³/mol. The molecule has 23 heavy (non-hydrogen) atoms. The molecule has 0 atom stereocenters. The van der Waals surface area contributed by atoms with Gasteiger partial charge in [-0.15, -0.1) is 0 Å². The minimum atomic E-state index is 0.291. The normalized spacial score (nSPS) is 10.8. The monoisotopic (exact) mass is 326 g/mol. The van der Waals surface area contributed by atoms with Crippen LogP contribution in [0.1, 0.15) is 12.5 Å². The van der Waals surface area contributed by atoms with Crippen molar-refractivity contribution in [2.75, 3.05) is 5.75 Å². The molecule has 2 aromatic heterocycles. The maximum absolute atomic E-state index is 9.33. The average molecular weight is 326 g/mol. The lowest BCUT2D eigenvalue weighted by Gasteiger charge is -2.08. The highest BCUT2D eigenvalue weighted by molar-refractivity contribution is 7.99. The van der Waals surface area contributed by atoms with Crippen LogP contribution >= 0.6 is 11.8 Å². The van der Waals surface area contributed by atoms with Crippen molar-refractivity contribution in [3.05, 3.63) is 54.6 Å². The first-order valence-corrected chi connectivity index (χ1v) is 8.49. The summed E-state index contributed by atoms with van der Waals surface area (Å²) in [7, 11) is 0. The summed E-state index contributed by atoms with van der Waals surface area (Å²) in [6, 6.07) is 7.29. The molecule has 1 aromatic carbocycles. The van der Waals surface area contributed by atoms with E-state index in [0.29, 0.717) is 5.75 Å². The summed E-state index contributed by atoms with van der Waals surface area (Å²) in [5.74, 6) is 2.12. The van der Waals surface area contributed by atoms with Crippen LogP contribution in [-0.4, -0.2) is 30.4 Å². The summed E-state index contributed by atoms with van der Waals surface area (Å²) in [6.07, 6.45) is 8.27. The summed E-state index contributed by atoms with van der Waals surface area (Å²) in [5, 5.41) is 10.1. The van der Waals surface area contributed by atoms with Gasteiger partial charge >= 0.3 is 0 Å². The van der Waals surface area contributed by atoms with Gasteiger partial charge in [0.2, 0.25) is 0 Å². The summed E-state index contributed by atoms with van der Waals surface area (Å²) in [4.78, 5) is 13.2. The van der Waals surface area contributed by atoms with Crippen molar-refractivity contribution in [1.29, 1.82) is 0 Å². The fourth-order valence-electron chi connectivity index (χ4n) is 2.30. The number of imidazole rings is 1. The molecule has 6 heteroatoms. The van der Waals surface area contributed by atoms with Gasteiger partial charge in [-0.3, -0.25) is 0 Å². The first-order valence-electron chi connectivity index (χ1n) is 7.50. The molecule has 0 aliphatic heterocycles. The van der Waals surface area contributed by atoms with Crippen LogP contribution in [-0.2, 0) is 13.0 Å². The second-order valence-electron chi connectivity index (χ2n) is 5.05. The molecule has 0 bridgehead atoms. The van der Waals surface area contributed by atoms with Crippen LogP contribution in [0, 0.1) is 0 Å². The molecule has 0 aliphatic rings. The standard InChI is InChI=1S/C17H18N4OS/c1-2-23-17-19-11-14(12-20-17)16-18-8-10-21(16)9-7-13-3-5-15(22)6-4-13/h3-6,8,10-12,22H,2,7,9H2,1H3. The van der Waals surface area contributed by atoms with Crippen molar-refractivity contribution in [2.45, 2.75) is 25.0 Å². The molecule has 0 aliphatic carbocycles. The number of aryl methyl sites for hydroxylation is 2. The Morgan fingerprint density at radius 3 is 2.52 bits per heavy atom. The van der Waals surface area contributed by atoms with Crippen molar-refractivity contribution in [2.24, 2.45) is 0 Å². The van der Waals surface area contributed by atoms with Crippen LogP contribution in [0.5, 0.6) is 5.75 Å². The van der Waals surface area contributed by atoms with Crippen molar-refractivity contribution in [3.63, 3.8) is 0 Å². The lowest BCUT2D eigenvalue weighted by molar-refractivity contribution is 0.475. The van der Waals surface area contributed by atoms with Gasteiger partial charge < -0.3 is 9.67 Å². The largest absolute Gasteiger partial charge is 0.508 e. The number of hydrogen-bond acceptors (Lipinski definition) is 5. The van der Waals surface area contributed by atoms with E-state index in [0.717, 1.165) is 35.3 Å². The van der Waals surface area contributed by atoms with Gasteiger partial charge in [-0.2, -0.15) is 0 Å². The fraction of sp³-hybridized carbons (Fsp3) is 0.235. The summed E-state index contributed by atoms with van der Waals surface area (Å²) >= 11 is 1.62. The Bertz CT molecular complexity index is 753. The number of aromatic hydroxyl groups is 1. The summed E-state index contributed by atoms with van der Waals surface area (Å²) < 4.78 is 2.10. The van der Waals surface area contributed by atoms with Gasteiger partial charge in [0.15, 0.2) is 5.16 Å². The minimum Gasteiger partial charge on any atom is -0.508 e. The fourth-order valence-corrected chi connectivity index (χ4v) is 2.81. The van der Waals surface area contributed by atoms with Gasteiger partial charge in [-0.05, 0) is 29.9 Å². The van der Waals surface area contributed by atoms with Crippen molar-refractivity contribution >= 4 is 11.8 Å². The number of aromatic nitrogens is 4. The Morgan fingerprint density at radius 1 is 1.09 bits per heavy atom. The average Bonchev–Trinajstić information content (AvgIpc) is 3.04. The number of phenols is 1. The van der Waals surface area contributed by atoms with Crippen LogP contribution in [0.25, 0.3) is 11.4 Å². The first kappa shape index (κ1) is 15.6. The van der Waals surface area contributed by atoms with Crippen LogP contribution in [0.2, 0.25) is 0 Å². The Hall–Kier alpha value is -2.34. The van der Waals surface area contributed by atoms with Crippen LogP contribution in [0.3, 0.4) is 0 Å². The van der Waals surface area contributed by atoms with E-state index in [9.17, 15) is 5.11 Å². The molecule has 0 saturated carbocycles. The summed E-state index contributed by atoms with van der Waals surface area (Å²) in [6.45, 7) is 2.89. The Balaban J connectivity index is 1.72. The Morgan fingerprint density at radius 2 is 1.83 bits per heavy atom. The molecule has 0 saturated heterocycles. The number of hydrogen-bond donors (Lipinski definition) is 1. The third-order valence-electron chi connectivity index (χ3n) is 3.45. The van der Waals surface area contributed by atoms with E-state index in [2.05, 4.69) is 26.4 Å². The number of thioether (sulfide) groups is 1. The van der Waals surface area contributed by atoms with Crippen LogP contribution in [0.15, 0.2) is 54.2 Å². The van der Waals surface area contributed by atoms with E-state index < -0.39 is 0 Å². The quantitative estimate of drug-likeness (QED) is 0.555. The molecule has 0 spiro atoms. The number of benzene rings is 1. The van der Waals surface area contributed by atoms with Crippen molar-refractivity contribution in [3.8, 4) is 17.1 Å². The molecule has 3 rings (SSSR count). The van der Waals surface area contributed by atoms with Gasteiger partial charge in [-0.25, -0.2) is 15.0 Å².